The van der Waals surface area contributed by atoms with Crippen LogP contribution >= 0.6 is 0 Å². The van der Waals surface area contributed by atoms with E-state index in [0.29, 0.717) is 36.2 Å². The first-order valence-electron chi connectivity index (χ1n) is 8.23. The largest absolute Gasteiger partial charge is 0.351 e. The van der Waals surface area contributed by atoms with Crippen LogP contribution in [0.25, 0.3) is 10.9 Å². The summed E-state index contributed by atoms with van der Waals surface area (Å²) in [5.41, 5.74) is 5.68. The molecule has 3 N–H and O–H groups in total. The van der Waals surface area contributed by atoms with Crippen molar-refractivity contribution < 1.29 is 9.59 Å². The number of aromatic amines is 1. The smallest absolute Gasteiger partial charge is 0.314 e. The molecule has 2 aromatic rings. The number of aromatic nitrogens is 2. The van der Waals surface area contributed by atoms with Gasteiger partial charge in [0.15, 0.2) is 0 Å². The molecule has 1 aliphatic heterocycles. The van der Waals surface area contributed by atoms with Crippen LogP contribution in [0.4, 0.5) is 4.79 Å². The summed E-state index contributed by atoms with van der Waals surface area (Å²) < 4.78 is 0. The fraction of sp³-hybridized carbons (Fsp3) is 0.412. The molecule has 0 saturated carbocycles. The van der Waals surface area contributed by atoms with Crippen molar-refractivity contribution in [2.24, 2.45) is 11.7 Å². The lowest BCUT2D eigenvalue weighted by atomic mass is 9.97. The number of hydrogen-bond acceptors (Lipinski definition) is 4. The predicted molar refractivity (Wildman–Crippen MR) is 92.7 cm³/mol. The normalized spacial score (nSPS) is 17.5. The summed E-state index contributed by atoms with van der Waals surface area (Å²) >= 11 is 0. The molecule has 1 aliphatic rings. The van der Waals surface area contributed by atoms with Gasteiger partial charge < -0.3 is 20.5 Å². The first-order chi connectivity index (χ1) is 12.0. The molecule has 3 rings (SSSR count). The zero-order valence-electron chi connectivity index (χ0n) is 14.1. The van der Waals surface area contributed by atoms with Crippen molar-refractivity contribution in [3.63, 3.8) is 0 Å². The number of fused-ring (bicyclic) bond motifs is 1. The number of carbonyl (C=O) groups is 2. The molecule has 1 saturated heterocycles. The molecule has 0 radical (unpaired) electrons. The van der Waals surface area contributed by atoms with Gasteiger partial charge in [-0.1, -0.05) is 12.1 Å². The lowest BCUT2D eigenvalue weighted by molar-refractivity contribution is -0.136. The Morgan fingerprint density at radius 2 is 2.16 bits per heavy atom. The number of urea groups is 1. The Bertz CT molecular complexity index is 863. The first-order valence-corrected chi connectivity index (χ1v) is 8.23. The monoisotopic (exact) mass is 343 g/mol. The molecule has 25 heavy (non-hydrogen) atoms. The lowest BCUT2D eigenvalue weighted by Gasteiger charge is -2.32. The van der Waals surface area contributed by atoms with E-state index in [4.69, 9.17) is 5.73 Å². The lowest BCUT2D eigenvalue weighted by Crippen LogP contribution is -2.47. The fourth-order valence-electron chi connectivity index (χ4n) is 3.20. The van der Waals surface area contributed by atoms with Crippen LogP contribution in [0.15, 0.2) is 29.1 Å². The maximum absolute atomic E-state index is 12.6. The van der Waals surface area contributed by atoms with Crippen molar-refractivity contribution in [1.29, 1.82) is 0 Å². The van der Waals surface area contributed by atoms with Crippen LogP contribution in [0, 0.1) is 5.92 Å². The Hall–Kier alpha value is -2.90. The summed E-state index contributed by atoms with van der Waals surface area (Å²) in [5, 5.41) is 0.518. The zero-order chi connectivity index (χ0) is 18.0. The molecular weight excluding hydrogens is 322 g/mol. The number of piperidine rings is 1. The number of likely N-dealkylation sites (tertiary alicyclic amines) is 1. The molecule has 1 aromatic carbocycles. The SMILES string of the molecule is CN(Cc1nc2ccccc2c(=O)[nH]1)C(=O)[C@@H]1CCCN(C(N)=O)C1. The van der Waals surface area contributed by atoms with Crippen LogP contribution in [0.2, 0.25) is 0 Å². The number of carbonyl (C=O) groups excluding carboxylic acids is 2. The minimum Gasteiger partial charge on any atom is -0.351 e. The van der Waals surface area contributed by atoms with Crippen molar-refractivity contribution in [2.75, 3.05) is 20.1 Å². The van der Waals surface area contributed by atoms with Crippen molar-refractivity contribution in [1.82, 2.24) is 19.8 Å². The van der Waals surface area contributed by atoms with Gasteiger partial charge in [-0.3, -0.25) is 9.59 Å². The van der Waals surface area contributed by atoms with Crippen LogP contribution in [0.3, 0.4) is 0 Å². The minimum atomic E-state index is -0.499. The zero-order valence-corrected chi connectivity index (χ0v) is 14.1. The fourth-order valence-corrected chi connectivity index (χ4v) is 3.20. The molecule has 1 atom stereocenters. The second kappa shape index (κ2) is 6.92. The number of nitrogens with two attached hydrogens (primary N) is 1. The van der Waals surface area contributed by atoms with Crippen molar-refractivity contribution in [3.8, 4) is 0 Å². The van der Waals surface area contributed by atoms with Crippen LogP contribution in [-0.2, 0) is 11.3 Å². The van der Waals surface area contributed by atoms with Gasteiger partial charge in [0, 0.05) is 20.1 Å². The third-order valence-corrected chi connectivity index (χ3v) is 4.51. The van der Waals surface area contributed by atoms with Gasteiger partial charge in [0.2, 0.25) is 5.91 Å². The van der Waals surface area contributed by atoms with Crippen LogP contribution in [-0.4, -0.2) is 51.8 Å². The van der Waals surface area contributed by atoms with Crippen molar-refractivity contribution in [2.45, 2.75) is 19.4 Å². The summed E-state index contributed by atoms with van der Waals surface area (Å²) in [5.74, 6) is 0.0716. The van der Waals surface area contributed by atoms with E-state index >= 15 is 0 Å². The molecule has 1 aromatic heterocycles. The third kappa shape index (κ3) is 3.62. The maximum atomic E-state index is 12.6. The van der Waals surface area contributed by atoms with Crippen LogP contribution < -0.4 is 11.3 Å². The number of hydrogen-bond donors (Lipinski definition) is 2. The van der Waals surface area contributed by atoms with Gasteiger partial charge in [-0.25, -0.2) is 9.78 Å². The highest BCUT2D eigenvalue weighted by Crippen LogP contribution is 2.19. The standard InChI is InChI=1S/C17H21N5O3/c1-21(16(24)11-5-4-8-22(9-11)17(18)25)10-14-19-13-7-3-2-6-12(13)15(23)20-14/h2-3,6-7,11H,4-5,8-10H2,1H3,(H2,18,25)(H,19,20,23)/t11-/m1/s1. The molecular formula is C17H21N5O3. The summed E-state index contributed by atoms with van der Waals surface area (Å²) in [6.45, 7) is 1.12. The number of nitrogens with one attached hydrogen (secondary N) is 1. The van der Waals surface area contributed by atoms with Gasteiger partial charge >= 0.3 is 6.03 Å². The Labute approximate surface area is 144 Å². The number of primary amides is 1. The van der Waals surface area contributed by atoms with Crippen LogP contribution in [0.1, 0.15) is 18.7 Å². The quantitative estimate of drug-likeness (QED) is 0.853. The van der Waals surface area contributed by atoms with Gasteiger partial charge in [-0.15, -0.1) is 0 Å². The highest BCUT2D eigenvalue weighted by molar-refractivity contribution is 5.80. The van der Waals surface area contributed by atoms with Crippen molar-refractivity contribution >= 4 is 22.8 Å². The Morgan fingerprint density at radius 3 is 2.92 bits per heavy atom. The van der Waals surface area contributed by atoms with Gasteiger partial charge in [0.05, 0.1) is 23.4 Å². The van der Waals surface area contributed by atoms with E-state index in [-0.39, 0.29) is 23.9 Å². The average Bonchev–Trinajstić information content (AvgIpc) is 2.61. The number of para-hydroxylation sites is 1. The average molecular weight is 343 g/mol. The number of nitrogens with zero attached hydrogens (tertiary/aromatic N) is 3. The third-order valence-electron chi connectivity index (χ3n) is 4.51. The molecule has 8 nitrogen and oxygen atoms in total. The summed E-state index contributed by atoms with van der Waals surface area (Å²) in [6, 6.07) is 6.57. The number of rotatable bonds is 3. The molecule has 2 heterocycles. The highest BCUT2D eigenvalue weighted by Gasteiger charge is 2.29. The second-order valence-electron chi connectivity index (χ2n) is 6.35. The van der Waals surface area contributed by atoms with Gasteiger partial charge in [-0.05, 0) is 25.0 Å². The van der Waals surface area contributed by atoms with E-state index < -0.39 is 6.03 Å². The van der Waals surface area contributed by atoms with Gasteiger partial charge in [0.1, 0.15) is 5.82 Å². The van der Waals surface area contributed by atoms with Crippen LogP contribution in [0.5, 0.6) is 0 Å². The Kier molecular flexibility index (Phi) is 4.69. The molecule has 8 heteroatoms. The van der Waals surface area contributed by atoms with E-state index in [1.807, 2.05) is 6.07 Å². The van der Waals surface area contributed by atoms with Gasteiger partial charge in [-0.2, -0.15) is 0 Å². The second-order valence-corrected chi connectivity index (χ2v) is 6.35. The minimum absolute atomic E-state index is 0.0817. The van der Waals surface area contributed by atoms with E-state index in [2.05, 4.69) is 9.97 Å². The molecule has 0 bridgehead atoms. The molecule has 0 spiro atoms. The molecule has 1 fully saturated rings. The van der Waals surface area contributed by atoms with E-state index in [9.17, 15) is 14.4 Å². The molecule has 3 amide bonds. The summed E-state index contributed by atoms with van der Waals surface area (Å²) in [4.78, 5) is 46.2. The topological polar surface area (TPSA) is 112 Å². The maximum Gasteiger partial charge on any atom is 0.314 e. The first kappa shape index (κ1) is 16.9. The summed E-state index contributed by atoms with van der Waals surface area (Å²) in [7, 11) is 1.67. The Balaban J connectivity index is 1.73. The van der Waals surface area contributed by atoms with E-state index in [1.165, 1.54) is 9.80 Å². The van der Waals surface area contributed by atoms with Crippen molar-refractivity contribution in [3.05, 3.63) is 40.4 Å². The number of H-pyrrole nitrogens is 1. The molecule has 0 aliphatic carbocycles. The highest BCUT2D eigenvalue weighted by atomic mass is 16.2. The Morgan fingerprint density at radius 1 is 1.40 bits per heavy atom. The van der Waals surface area contributed by atoms with Gasteiger partial charge in [0.25, 0.3) is 5.56 Å². The molecule has 0 unspecified atom stereocenters. The van der Waals surface area contributed by atoms with E-state index in [0.717, 1.165) is 6.42 Å². The number of benzene rings is 1. The summed E-state index contributed by atoms with van der Waals surface area (Å²) in [6.07, 6.45) is 1.47. The number of amides is 3. The van der Waals surface area contributed by atoms with E-state index in [1.54, 1.807) is 25.2 Å². The molecule has 132 valence electrons. The predicted octanol–water partition coefficient (Wildman–Crippen LogP) is 0.672.